The number of carbonyl (C=O) groups excluding carboxylic acids is 1. The molecule has 1 aromatic carbocycles. The molecule has 0 bridgehead atoms. The normalized spacial score (nSPS) is 19.9. The molecule has 2 aliphatic rings. The minimum absolute atomic E-state index is 0.0331. The van der Waals surface area contributed by atoms with Gasteiger partial charge in [-0.1, -0.05) is 13.8 Å². The van der Waals surface area contributed by atoms with Crippen LogP contribution >= 0.6 is 0 Å². The molecule has 4 nitrogen and oxygen atoms in total. The zero-order chi connectivity index (χ0) is 14.4. The van der Waals surface area contributed by atoms with Crippen molar-refractivity contribution in [2.75, 3.05) is 6.79 Å². The summed E-state index contributed by atoms with van der Waals surface area (Å²) >= 11 is 0. The Hall–Kier alpha value is -1.97. The number of allylic oxidation sites excluding steroid dienone is 2. The van der Waals surface area contributed by atoms with Crippen LogP contribution in [0, 0.1) is 5.92 Å². The topological polar surface area (TPSA) is 44.8 Å². The lowest BCUT2D eigenvalue weighted by atomic mass is 9.78. The Labute approximate surface area is 118 Å². The van der Waals surface area contributed by atoms with Crippen LogP contribution in [-0.2, 0) is 4.79 Å². The van der Waals surface area contributed by atoms with Gasteiger partial charge in [0.2, 0.25) is 6.79 Å². The first-order valence-corrected chi connectivity index (χ1v) is 6.82. The number of ether oxygens (including phenoxy) is 3. The standard InChI is InChI=1S/C16H18O4/c1-8(2)15-11-5-13-14(19-7-18-13)6-12(11)20-10(4)16(15)9(3)17/h5-6,8,15H,7H2,1-4H3/t15-/m0/s1. The van der Waals surface area contributed by atoms with Gasteiger partial charge in [0, 0.05) is 23.1 Å². The molecule has 2 aliphatic heterocycles. The molecule has 0 radical (unpaired) electrons. The zero-order valence-corrected chi connectivity index (χ0v) is 12.1. The number of hydrogen-bond donors (Lipinski definition) is 0. The fourth-order valence-corrected chi connectivity index (χ4v) is 3.02. The quantitative estimate of drug-likeness (QED) is 0.829. The van der Waals surface area contributed by atoms with E-state index in [1.165, 1.54) is 0 Å². The first-order valence-electron chi connectivity index (χ1n) is 6.82. The van der Waals surface area contributed by atoms with Crippen molar-refractivity contribution >= 4 is 5.78 Å². The summed E-state index contributed by atoms with van der Waals surface area (Å²) in [4.78, 5) is 12.0. The summed E-state index contributed by atoms with van der Waals surface area (Å²) in [7, 11) is 0. The van der Waals surface area contributed by atoms with Crippen LogP contribution in [0.25, 0.3) is 0 Å². The molecule has 0 unspecified atom stereocenters. The molecule has 0 aromatic heterocycles. The van der Waals surface area contributed by atoms with Crippen molar-refractivity contribution in [2.24, 2.45) is 5.92 Å². The maximum atomic E-state index is 12.0. The van der Waals surface area contributed by atoms with Crippen molar-refractivity contribution in [1.82, 2.24) is 0 Å². The summed E-state index contributed by atoms with van der Waals surface area (Å²) in [5, 5.41) is 0. The third-order valence-corrected chi connectivity index (χ3v) is 3.84. The van der Waals surface area contributed by atoms with Crippen molar-refractivity contribution in [2.45, 2.75) is 33.6 Å². The molecule has 3 rings (SSSR count). The predicted octanol–water partition coefficient (Wildman–Crippen LogP) is 3.41. The molecule has 4 heteroatoms. The predicted molar refractivity (Wildman–Crippen MR) is 74.2 cm³/mol. The van der Waals surface area contributed by atoms with Crippen molar-refractivity contribution < 1.29 is 19.0 Å². The Morgan fingerprint density at radius 3 is 2.45 bits per heavy atom. The summed E-state index contributed by atoms with van der Waals surface area (Å²) in [6, 6.07) is 3.80. The largest absolute Gasteiger partial charge is 0.461 e. The molecule has 0 fully saturated rings. The lowest BCUT2D eigenvalue weighted by Gasteiger charge is -2.31. The molecule has 0 saturated heterocycles. The van der Waals surface area contributed by atoms with Crippen LogP contribution in [0.1, 0.15) is 39.2 Å². The van der Waals surface area contributed by atoms with E-state index in [0.717, 1.165) is 22.6 Å². The van der Waals surface area contributed by atoms with Crippen LogP contribution in [0.3, 0.4) is 0 Å². The second kappa shape index (κ2) is 4.54. The monoisotopic (exact) mass is 274 g/mol. The van der Waals surface area contributed by atoms with Crippen LogP contribution in [0.15, 0.2) is 23.5 Å². The molecule has 1 atom stereocenters. The van der Waals surface area contributed by atoms with Gasteiger partial charge in [0.05, 0.1) is 0 Å². The molecule has 106 valence electrons. The highest BCUT2D eigenvalue weighted by molar-refractivity contribution is 5.96. The first kappa shape index (κ1) is 13.0. The Bertz CT molecular complexity index is 613. The third kappa shape index (κ3) is 1.87. The minimum atomic E-state index is 0.0331. The van der Waals surface area contributed by atoms with Crippen LogP contribution in [0.2, 0.25) is 0 Å². The number of carbonyl (C=O) groups is 1. The Morgan fingerprint density at radius 1 is 1.20 bits per heavy atom. The lowest BCUT2D eigenvalue weighted by Crippen LogP contribution is -2.22. The number of rotatable bonds is 2. The first-order chi connectivity index (χ1) is 9.49. The molecular formula is C16H18O4. The van der Waals surface area contributed by atoms with Gasteiger partial charge in [-0.05, 0) is 25.8 Å². The highest BCUT2D eigenvalue weighted by atomic mass is 16.7. The van der Waals surface area contributed by atoms with Gasteiger partial charge in [0.15, 0.2) is 17.3 Å². The molecule has 0 saturated carbocycles. The van der Waals surface area contributed by atoms with Gasteiger partial charge >= 0.3 is 0 Å². The van der Waals surface area contributed by atoms with Crippen LogP contribution in [-0.4, -0.2) is 12.6 Å². The smallest absolute Gasteiger partial charge is 0.231 e. The van der Waals surface area contributed by atoms with Crippen LogP contribution < -0.4 is 14.2 Å². The van der Waals surface area contributed by atoms with Gasteiger partial charge in [-0.25, -0.2) is 0 Å². The molecule has 0 aliphatic carbocycles. The van der Waals surface area contributed by atoms with Gasteiger partial charge in [-0.15, -0.1) is 0 Å². The number of benzene rings is 1. The van der Waals surface area contributed by atoms with Crippen LogP contribution in [0.5, 0.6) is 17.2 Å². The van der Waals surface area contributed by atoms with E-state index < -0.39 is 0 Å². The maximum Gasteiger partial charge on any atom is 0.231 e. The number of ketones is 1. The lowest BCUT2D eigenvalue weighted by molar-refractivity contribution is -0.114. The number of fused-ring (bicyclic) bond motifs is 2. The number of Topliss-reactive ketones (excluding diaryl/α,β-unsaturated/α-hetero) is 1. The van der Waals surface area contributed by atoms with Crippen LogP contribution in [0.4, 0.5) is 0 Å². The molecule has 0 amide bonds. The number of hydrogen-bond acceptors (Lipinski definition) is 4. The summed E-state index contributed by atoms with van der Waals surface area (Å²) in [5.41, 5.74) is 1.76. The van der Waals surface area contributed by atoms with E-state index in [1.54, 1.807) is 6.92 Å². The second-order valence-corrected chi connectivity index (χ2v) is 5.59. The van der Waals surface area contributed by atoms with Gasteiger partial charge in [-0.2, -0.15) is 0 Å². The summed E-state index contributed by atoms with van der Waals surface area (Å²) in [5.74, 6) is 3.26. The Kier molecular flexibility index (Phi) is 2.96. The third-order valence-electron chi connectivity index (χ3n) is 3.84. The second-order valence-electron chi connectivity index (χ2n) is 5.59. The molecule has 0 N–H and O–H groups in total. The van der Waals surface area contributed by atoms with Gasteiger partial charge in [0.1, 0.15) is 11.5 Å². The van der Waals surface area contributed by atoms with E-state index in [4.69, 9.17) is 14.2 Å². The van der Waals surface area contributed by atoms with Crippen molar-refractivity contribution in [1.29, 1.82) is 0 Å². The molecule has 20 heavy (non-hydrogen) atoms. The summed E-state index contributed by atoms with van der Waals surface area (Å²) in [6.07, 6.45) is 0. The highest BCUT2D eigenvalue weighted by Gasteiger charge is 2.34. The Balaban J connectivity index is 2.17. The average molecular weight is 274 g/mol. The van der Waals surface area contributed by atoms with E-state index in [0.29, 0.717) is 17.4 Å². The average Bonchev–Trinajstić information content (AvgIpc) is 2.80. The van der Waals surface area contributed by atoms with E-state index >= 15 is 0 Å². The molecular weight excluding hydrogens is 256 g/mol. The fraction of sp³-hybridized carbons (Fsp3) is 0.438. The van der Waals surface area contributed by atoms with Crippen molar-refractivity contribution in [3.63, 3.8) is 0 Å². The van der Waals surface area contributed by atoms with E-state index in [-0.39, 0.29) is 18.5 Å². The molecule has 2 heterocycles. The van der Waals surface area contributed by atoms with E-state index in [2.05, 4.69) is 13.8 Å². The van der Waals surface area contributed by atoms with Crippen molar-refractivity contribution in [3.8, 4) is 17.2 Å². The van der Waals surface area contributed by atoms with E-state index in [9.17, 15) is 4.79 Å². The van der Waals surface area contributed by atoms with Gasteiger partial charge in [-0.3, -0.25) is 4.79 Å². The van der Waals surface area contributed by atoms with Gasteiger partial charge < -0.3 is 14.2 Å². The van der Waals surface area contributed by atoms with E-state index in [1.807, 2.05) is 19.1 Å². The van der Waals surface area contributed by atoms with Gasteiger partial charge in [0.25, 0.3) is 0 Å². The zero-order valence-electron chi connectivity index (χ0n) is 12.1. The molecule has 0 spiro atoms. The minimum Gasteiger partial charge on any atom is -0.461 e. The maximum absolute atomic E-state index is 12.0. The Morgan fingerprint density at radius 2 is 1.85 bits per heavy atom. The SMILES string of the molecule is CC(=O)C1=C(C)Oc2cc3c(cc2[C@@H]1C(C)C)OCO3. The highest BCUT2D eigenvalue weighted by Crippen LogP contribution is 2.48. The summed E-state index contributed by atoms with van der Waals surface area (Å²) < 4.78 is 16.7. The summed E-state index contributed by atoms with van der Waals surface area (Å²) in [6.45, 7) is 7.90. The van der Waals surface area contributed by atoms with Crippen molar-refractivity contribution in [3.05, 3.63) is 29.0 Å². The molecule has 1 aromatic rings. The fourth-order valence-electron chi connectivity index (χ4n) is 3.02.